The van der Waals surface area contributed by atoms with Crippen LogP contribution in [0.4, 0.5) is 5.95 Å². The minimum absolute atomic E-state index is 0.428. The van der Waals surface area contributed by atoms with Crippen molar-refractivity contribution < 1.29 is 4.74 Å². The molecule has 1 saturated carbocycles. The number of nitrogens with zero attached hydrogens (tertiary/aromatic N) is 4. The van der Waals surface area contributed by atoms with Crippen LogP contribution in [0.3, 0.4) is 0 Å². The van der Waals surface area contributed by atoms with Crippen LogP contribution in [0.2, 0.25) is 0 Å². The fourth-order valence-corrected chi connectivity index (χ4v) is 3.85. The Hall–Kier alpha value is -2.85. The highest BCUT2D eigenvalue weighted by Crippen LogP contribution is 2.25. The SMILES string of the molecule is Cc1cnc(NC2CCCC2)nc1C(C#N)=C1C=CC=C(N2CCOCC2)N1. The summed E-state index contributed by atoms with van der Waals surface area (Å²) in [7, 11) is 0. The standard InChI is InChI=1S/C21H26N6O/c1-15-14-23-21(24-16-5-2-3-6-16)26-20(15)17(13-22)18-7-4-8-19(25-18)27-9-11-28-12-10-27/h4,7-8,14,16,25H,2-3,5-6,9-12H2,1H3,(H,23,24,26). The van der Waals surface area contributed by atoms with Crippen LogP contribution in [0.15, 0.2) is 35.9 Å². The number of nitrogens with one attached hydrogen (secondary N) is 2. The van der Waals surface area contributed by atoms with Gasteiger partial charge in [-0.3, -0.25) is 0 Å². The zero-order chi connectivity index (χ0) is 19.3. The van der Waals surface area contributed by atoms with Gasteiger partial charge in [0.1, 0.15) is 17.5 Å². The fourth-order valence-electron chi connectivity index (χ4n) is 3.85. The van der Waals surface area contributed by atoms with E-state index in [9.17, 15) is 5.26 Å². The summed E-state index contributed by atoms with van der Waals surface area (Å²) in [5, 5.41) is 16.8. The number of nitriles is 1. The first-order valence-corrected chi connectivity index (χ1v) is 9.97. The second kappa shape index (κ2) is 8.44. The highest BCUT2D eigenvalue weighted by molar-refractivity contribution is 5.81. The normalized spacial score (nSPS) is 21.7. The molecule has 0 spiro atoms. The quantitative estimate of drug-likeness (QED) is 0.779. The van der Waals surface area contributed by atoms with E-state index in [0.29, 0.717) is 36.5 Å². The molecule has 2 N–H and O–H groups in total. The van der Waals surface area contributed by atoms with Crippen molar-refractivity contribution in [3.05, 3.63) is 47.2 Å². The van der Waals surface area contributed by atoms with Crippen LogP contribution in [-0.2, 0) is 4.74 Å². The lowest BCUT2D eigenvalue weighted by atomic mass is 10.1. The number of allylic oxidation sites excluding steroid dienone is 4. The number of rotatable bonds is 4. The number of morpholine rings is 1. The van der Waals surface area contributed by atoms with Gasteiger partial charge in [-0.2, -0.15) is 5.26 Å². The molecule has 4 rings (SSSR count). The summed E-state index contributed by atoms with van der Waals surface area (Å²) in [4.78, 5) is 11.4. The van der Waals surface area contributed by atoms with Gasteiger partial charge in [0.25, 0.3) is 0 Å². The number of anilines is 1. The van der Waals surface area contributed by atoms with Gasteiger partial charge < -0.3 is 20.3 Å². The zero-order valence-corrected chi connectivity index (χ0v) is 16.2. The van der Waals surface area contributed by atoms with Crippen LogP contribution in [0.25, 0.3) is 5.57 Å². The molecule has 0 radical (unpaired) electrons. The average Bonchev–Trinajstić information content (AvgIpc) is 3.25. The molecule has 1 aromatic rings. The molecule has 0 amide bonds. The van der Waals surface area contributed by atoms with Crippen molar-refractivity contribution in [2.24, 2.45) is 0 Å². The van der Waals surface area contributed by atoms with E-state index >= 15 is 0 Å². The Labute approximate surface area is 165 Å². The van der Waals surface area contributed by atoms with Crippen LogP contribution in [0.5, 0.6) is 0 Å². The predicted octanol–water partition coefficient (Wildman–Crippen LogP) is 2.71. The van der Waals surface area contributed by atoms with E-state index in [0.717, 1.165) is 43.0 Å². The van der Waals surface area contributed by atoms with Crippen LogP contribution in [0, 0.1) is 18.3 Å². The van der Waals surface area contributed by atoms with E-state index in [1.54, 1.807) is 6.20 Å². The first kappa shape index (κ1) is 18.5. The number of dihydropyridines is 1. The molecule has 7 heteroatoms. The lowest BCUT2D eigenvalue weighted by Gasteiger charge is -2.32. The summed E-state index contributed by atoms with van der Waals surface area (Å²) in [6.07, 6.45) is 12.5. The van der Waals surface area contributed by atoms with E-state index in [2.05, 4.69) is 26.6 Å². The number of aryl methyl sites for hydroxylation is 1. The molecule has 3 aliphatic rings. The van der Waals surface area contributed by atoms with E-state index < -0.39 is 0 Å². The van der Waals surface area contributed by atoms with Gasteiger partial charge in [0.05, 0.1) is 24.6 Å². The van der Waals surface area contributed by atoms with Gasteiger partial charge in [0.15, 0.2) is 0 Å². The van der Waals surface area contributed by atoms with Crippen molar-refractivity contribution >= 4 is 11.5 Å². The first-order valence-electron chi connectivity index (χ1n) is 9.97. The molecular formula is C21H26N6O. The summed E-state index contributed by atoms with van der Waals surface area (Å²) < 4.78 is 5.44. The molecular weight excluding hydrogens is 352 g/mol. The lowest BCUT2D eigenvalue weighted by molar-refractivity contribution is 0.0510. The van der Waals surface area contributed by atoms with Gasteiger partial charge in [0, 0.05) is 25.3 Å². The molecule has 28 heavy (non-hydrogen) atoms. The van der Waals surface area contributed by atoms with E-state index in [4.69, 9.17) is 9.72 Å². The molecule has 1 aliphatic carbocycles. The minimum Gasteiger partial charge on any atom is -0.378 e. The van der Waals surface area contributed by atoms with E-state index in [1.165, 1.54) is 12.8 Å². The Bertz CT molecular complexity index is 854. The predicted molar refractivity (Wildman–Crippen MR) is 108 cm³/mol. The Morgan fingerprint density at radius 3 is 2.86 bits per heavy atom. The number of hydrogen-bond donors (Lipinski definition) is 2. The van der Waals surface area contributed by atoms with Gasteiger partial charge in [-0.25, -0.2) is 9.97 Å². The number of aromatic nitrogens is 2. The smallest absolute Gasteiger partial charge is 0.223 e. The number of ether oxygens (including phenoxy) is 1. The summed E-state index contributed by atoms with van der Waals surface area (Å²) >= 11 is 0. The Kier molecular flexibility index (Phi) is 5.58. The maximum atomic E-state index is 9.91. The van der Waals surface area contributed by atoms with Gasteiger partial charge in [-0.1, -0.05) is 18.9 Å². The molecule has 1 aromatic heterocycles. The molecule has 1 saturated heterocycles. The zero-order valence-electron chi connectivity index (χ0n) is 16.2. The van der Waals surface area contributed by atoms with Crippen molar-refractivity contribution in [3.8, 4) is 6.07 Å². The van der Waals surface area contributed by atoms with Crippen LogP contribution < -0.4 is 10.6 Å². The summed E-state index contributed by atoms with van der Waals surface area (Å²) in [5.74, 6) is 1.59. The van der Waals surface area contributed by atoms with Crippen molar-refractivity contribution in [1.82, 2.24) is 20.2 Å². The second-order valence-corrected chi connectivity index (χ2v) is 7.39. The van der Waals surface area contributed by atoms with Crippen molar-refractivity contribution in [3.63, 3.8) is 0 Å². The molecule has 146 valence electrons. The van der Waals surface area contributed by atoms with E-state index in [1.807, 2.05) is 25.2 Å². The monoisotopic (exact) mass is 378 g/mol. The van der Waals surface area contributed by atoms with Gasteiger partial charge in [0.2, 0.25) is 5.95 Å². The lowest BCUT2D eigenvalue weighted by Crippen LogP contribution is -2.40. The van der Waals surface area contributed by atoms with Crippen LogP contribution >= 0.6 is 0 Å². The van der Waals surface area contributed by atoms with Gasteiger partial charge in [-0.05, 0) is 37.5 Å². The minimum atomic E-state index is 0.428. The summed E-state index contributed by atoms with van der Waals surface area (Å²) in [6, 6.07) is 2.78. The maximum absolute atomic E-state index is 9.91. The molecule has 0 aromatic carbocycles. The second-order valence-electron chi connectivity index (χ2n) is 7.39. The summed E-state index contributed by atoms with van der Waals surface area (Å²) in [6.45, 7) is 5.05. The molecule has 2 fully saturated rings. The van der Waals surface area contributed by atoms with Crippen molar-refractivity contribution in [2.45, 2.75) is 38.6 Å². The van der Waals surface area contributed by atoms with Crippen molar-refractivity contribution in [1.29, 1.82) is 5.26 Å². The van der Waals surface area contributed by atoms with Gasteiger partial charge >= 0.3 is 0 Å². The largest absolute Gasteiger partial charge is 0.378 e. The molecule has 2 aliphatic heterocycles. The number of hydrogen-bond acceptors (Lipinski definition) is 7. The molecule has 0 atom stereocenters. The molecule has 0 bridgehead atoms. The molecule has 7 nitrogen and oxygen atoms in total. The Balaban J connectivity index is 1.60. The highest BCUT2D eigenvalue weighted by atomic mass is 16.5. The van der Waals surface area contributed by atoms with Crippen molar-refractivity contribution in [2.75, 3.05) is 31.6 Å². The van der Waals surface area contributed by atoms with Crippen LogP contribution in [0.1, 0.15) is 36.9 Å². The molecule has 3 heterocycles. The average molecular weight is 378 g/mol. The summed E-state index contributed by atoms with van der Waals surface area (Å²) in [5.41, 5.74) is 2.86. The molecule has 0 unspecified atom stereocenters. The third kappa shape index (κ3) is 4.02. The highest BCUT2D eigenvalue weighted by Gasteiger charge is 2.21. The Morgan fingerprint density at radius 2 is 2.11 bits per heavy atom. The topological polar surface area (TPSA) is 86.1 Å². The third-order valence-corrected chi connectivity index (χ3v) is 5.41. The third-order valence-electron chi connectivity index (χ3n) is 5.41. The first-order chi connectivity index (χ1) is 13.7. The van der Waals surface area contributed by atoms with Gasteiger partial charge in [-0.15, -0.1) is 0 Å². The van der Waals surface area contributed by atoms with E-state index in [-0.39, 0.29) is 0 Å². The van der Waals surface area contributed by atoms with Crippen LogP contribution in [-0.4, -0.2) is 47.2 Å². The maximum Gasteiger partial charge on any atom is 0.223 e. The Morgan fingerprint density at radius 1 is 1.32 bits per heavy atom. The fraction of sp³-hybridized carbons (Fsp3) is 0.476.